The molecule has 10 nitrogen and oxygen atoms in total. The van der Waals surface area contributed by atoms with Crippen molar-refractivity contribution in [3.63, 3.8) is 0 Å². The van der Waals surface area contributed by atoms with E-state index in [0.717, 1.165) is 0 Å². The van der Waals surface area contributed by atoms with Crippen molar-refractivity contribution in [1.29, 1.82) is 0 Å². The summed E-state index contributed by atoms with van der Waals surface area (Å²) in [6.45, 7) is 0. The van der Waals surface area contributed by atoms with Crippen LogP contribution in [-0.4, -0.2) is 52.1 Å². The number of hydrogen-bond donors (Lipinski definition) is 2. The molecule has 0 bridgehead atoms. The summed E-state index contributed by atoms with van der Waals surface area (Å²) in [4.78, 5) is 49.1. The summed E-state index contributed by atoms with van der Waals surface area (Å²) >= 11 is 0. The molecule has 0 radical (unpaired) electrons. The maximum Gasteiger partial charge on any atom is 0.336 e. The van der Waals surface area contributed by atoms with E-state index in [1.54, 1.807) is 30.3 Å². The van der Waals surface area contributed by atoms with Crippen LogP contribution in [-0.2, 0) is 0 Å². The predicted octanol–water partition coefficient (Wildman–Crippen LogP) is 3.09. The van der Waals surface area contributed by atoms with Gasteiger partial charge in [0, 0.05) is 23.2 Å². The molecule has 0 aliphatic rings. The average molecular weight is 424 g/mol. The molecule has 0 saturated carbocycles. The van der Waals surface area contributed by atoms with Gasteiger partial charge in [-0.15, -0.1) is 0 Å². The molecule has 0 fully saturated rings. The zero-order valence-electron chi connectivity index (χ0n) is 16.2. The van der Waals surface area contributed by atoms with Crippen LogP contribution in [0.5, 0.6) is 0 Å². The van der Waals surface area contributed by atoms with E-state index in [4.69, 9.17) is 0 Å². The third-order valence-corrected chi connectivity index (χ3v) is 4.82. The van der Waals surface area contributed by atoms with Gasteiger partial charge in [0.05, 0.1) is 33.9 Å². The smallest absolute Gasteiger partial charge is 0.336 e. The van der Waals surface area contributed by atoms with Crippen LogP contribution in [0, 0.1) is 0 Å². The lowest BCUT2D eigenvalue weighted by molar-refractivity contribution is 0.0688. The minimum absolute atomic E-state index is 0.0412. The summed E-state index contributed by atoms with van der Waals surface area (Å²) in [5, 5.41) is 20.0. The van der Waals surface area contributed by atoms with Crippen molar-refractivity contribution in [2.24, 2.45) is 0 Å². The lowest BCUT2D eigenvalue weighted by Gasteiger charge is -2.08. The largest absolute Gasteiger partial charge is 0.478 e. The summed E-state index contributed by atoms with van der Waals surface area (Å²) in [6.07, 6.45) is 4.32. The van der Waals surface area contributed by atoms with Gasteiger partial charge in [-0.05, 0) is 42.5 Å². The first-order chi connectivity index (χ1) is 15.5. The molecule has 0 amide bonds. The van der Waals surface area contributed by atoms with Crippen LogP contribution in [0.15, 0.2) is 61.2 Å². The number of nitrogens with zero attached hydrogens (tertiary/aromatic N) is 6. The highest BCUT2D eigenvalue weighted by Crippen LogP contribution is 2.27. The fourth-order valence-corrected chi connectivity index (χ4v) is 3.37. The van der Waals surface area contributed by atoms with Crippen LogP contribution in [0.2, 0.25) is 0 Å². The Labute approximate surface area is 179 Å². The molecule has 5 aromatic heterocycles. The molecule has 5 aromatic rings. The number of aromatic carboxylic acids is 2. The summed E-state index contributed by atoms with van der Waals surface area (Å²) in [5.74, 6) is -2.23. The van der Waals surface area contributed by atoms with E-state index in [2.05, 4.69) is 29.9 Å². The Morgan fingerprint density at radius 3 is 1.53 bits per heavy atom. The van der Waals surface area contributed by atoms with E-state index in [1.807, 2.05) is 0 Å². The average Bonchev–Trinajstić information content (AvgIpc) is 2.82. The molecule has 0 aliphatic carbocycles. The summed E-state index contributed by atoms with van der Waals surface area (Å²) in [7, 11) is 0. The Bertz CT molecular complexity index is 1440. The van der Waals surface area contributed by atoms with E-state index in [1.165, 1.54) is 30.9 Å². The highest BCUT2D eigenvalue weighted by molar-refractivity contribution is 6.03. The van der Waals surface area contributed by atoms with Crippen LogP contribution in [0.3, 0.4) is 0 Å². The van der Waals surface area contributed by atoms with Crippen LogP contribution in [0.4, 0.5) is 0 Å². The van der Waals surface area contributed by atoms with Gasteiger partial charge < -0.3 is 10.2 Å². The second-order valence-electron chi connectivity index (χ2n) is 6.76. The summed E-state index contributed by atoms with van der Waals surface area (Å²) in [6, 6.07) is 10.9. The third kappa shape index (κ3) is 3.25. The highest BCUT2D eigenvalue weighted by Gasteiger charge is 2.17. The molecule has 154 valence electrons. The molecular formula is C22H12N6O4. The number of carboxylic acid groups (broad SMARTS) is 2. The molecule has 0 atom stereocenters. The first-order valence-corrected chi connectivity index (χ1v) is 9.32. The maximum absolute atomic E-state index is 11.8. The van der Waals surface area contributed by atoms with E-state index in [-0.39, 0.29) is 33.8 Å². The maximum atomic E-state index is 11.8. The second kappa shape index (κ2) is 7.43. The van der Waals surface area contributed by atoms with Gasteiger partial charge in [-0.25, -0.2) is 39.5 Å². The van der Waals surface area contributed by atoms with Crippen LogP contribution < -0.4 is 0 Å². The van der Waals surface area contributed by atoms with Gasteiger partial charge in [-0.3, -0.25) is 0 Å². The van der Waals surface area contributed by atoms with Gasteiger partial charge in [0.2, 0.25) is 0 Å². The first-order valence-electron chi connectivity index (χ1n) is 9.32. The highest BCUT2D eigenvalue weighted by atomic mass is 16.4. The number of rotatable bonds is 4. The fraction of sp³-hybridized carbons (Fsp3) is 0. The van der Waals surface area contributed by atoms with E-state index in [9.17, 15) is 19.8 Å². The minimum Gasteiger partial charge on any atom is -0.478 e. The van der Waals surface area contributed by atoms with E-state index in [0.29, 0.717) is 22.2 Å². The van der Waals surface area contributed by atoms with Crippen molar-refractivity contribution in [3.05, 3.63) is 72.3 Å². The van der Waals surface area contributed by atoms with Crippen molar-refractivity contribution >= 4 is 34.0 Å². The van der Waals surface area contributed by atoms with Crippen molar-refractivity contribution in [2.75, 3.05) is 0 Å². The Balaban J connectivity index is 1.68. The number of hydrogen-bond acceptors (Lipinski definition) is 8. The molecule has 0 aromatic carbocycles. The Hall–Kier alpha value is -4.86. The Morgan fingerprint density at radius 2 is 1.09 bits per heavy atom. The summed E-state index contributed by atoms with van der Waals surface area (Å²) in [5.41, 5.74) is 1.87. The lowest BCUT2D eigenvalue weighted by Crippen LogP contribution is -2.03. The molecule has 2 N–H and O–H groups in total. The zero-order chi connectivity index (χ0) is 22.2. The fourth-order valence-electron chi connectivity index (χ4n) is 3.37. The van der Waals surface area contributed by atoms with Crippen LogP contribution in [0.25, 0.3) is 44.8 Å². The van der Waals surface area contributed by atoms with Crippen molar-refractivity contribution in [2.45, 2.75) is 0 Å². The van der Waals surface area contributed by atoms with Crippen molar-refractivity contribution in [1.82, 2.24) is 29.9 Å². The number of aromatic nitrogens is 6. The standard InChI is InChI=1S/C22H12N6O4/c29-21(30)13-7-17(27-19-11(13)3-1-5-23-19)15-9-16(26-10-25-15)18-8-14(22(31)32)12-4-2-6-24-20(12)28-18/h1-10H,(H,29,30)(H,31,32). The minimum atomic E-state index is -1.12. The summed E-state index contributed by atoms with van der Waals surface area (Å²) < 4.78 is 0. The van der Waals surface area contributed by atoms with Gasteiger partial charge in [0.1, 0.15) is 6.33 Å². The Morgan fingerprint density at radius 1 is 0.625 bits per heavy atom. The SMILES string of the molecule is O=C(O)c1cc(-c2cc(-c3cc(C(=O)O)c4cccnc4n3)ncn2)nc2ncccc12. The number of carboxylic acids is 2. The van der Waals surface area contributed by atoms with Crippen LogP contribution in [0.1, 0.15) is 20.7 Å². The quantitative estimate of drug-likeness (QED) is 0.440. The first kappa shape index (κ1) is 19.1. The number of fused-ring (bicyclic) bond motifs is 2. The lowest BCUT2D eigenvalue weighted by atomic mass is 10.1. The molecule has 32 heavy (non-hydrogen) atoms. The Kier molecular flexibility index (Phi) is 4.44. The monoisotopic (exact) mass is 424 g/mol. The second-order valence-corrected chi connectivity index (χ2v) is 6.76. The third-order valence-electron chi connectivity index (χ3n) is 4.82. The molecular weight excluding hydrogens is 412 g/mol. The van der Waals surface area contributed by atoms with Gasteiger partial charge >= 0.3 is 11.9 Å². The number of carbonyl (C=O) groups is 2. The number of pyridine rings is 4. The molecule has 5 rings (SSSR count). The van der Waals surface area contributed by atoms with Crippen molar-refractivity contribution in [3.8, 4) is 22.8 Å². The molecule has 0 unspecified atom stereocenters. The molecule has 5 heterocycles. The van der Waals surface area contributed by atoms with Crippen LogP contribution >= 0.6 is 0 Å². The molecule has 0 saturated heterocycles. The predicted molar refractivity (Wildman–Crippen MR) is 113 cm³/mol. The van der Waals surface area contributed by atoms with E-state index < -0.39 is 11.9 Å². The topological polar surface area (TPSA) is 152 Å². The van der Waals surface area contributed by atoms with E-state index >= 15 is 0 Å². The van der Waals surface area contributed by atoms with Gasteiger partial charge in [0.25, 0.3) is 0 Å². The molecule has 0 aliphatic heterocycles. The van der Waals surface area contributed by atoms with Crippen molar-refractivity contribution < 1.29 is 19.8 Å². The normalized spacial score (nSPS) is 11.0. The molecule has 0 spiro atoms. The van der Waals surface area contributed by atoms with Gasteiger partial charge in [-0.2, -0.15) is 0 Å². The van der Waals surface area contributed by atoms with Gasteiger partial charge in [-0.1, -0.05) is 0 Å². The van der Waals surface area contributed by atoms with Gasteiger partial charge in [0.15, 0.2) is 11.3 Å². The molecule has 10 heteroatoms. The zero-order valence-corrected chi connectivity index (χ0v) is 16.2.